The summed E-state index contributed by atoms with van der Waals surface area (Å²) in [6.45, 7) is 7.79. The fraction of sp³-hybridized carbons (Fsp3) is 0.941. The minimum absolute atomic E-state index is 0.266. The van der Waals surface area contributed by atoms with Gasteiger partial charge in [0.2, 0.25) is 0 Å². The zero-order chi connectivity index (χ0) is 17.7. The predicted octanol–water partition coefficient (Wildman–Crippen LogP) is 1.64. The van der Waals surface area contributed by atoms with Crippen LogP contribution >= 0.6 is 0 Å². The summed E-state index contributed by atoms with van der Waals surface area (Å²) < 4.78 is 5.25. The van der Waals surface area contributed by atoms with Crippen molar-refractivity contribution in [2.45, 2.75) is 63.6 Å². The molecule has 1 atom stereocenters. The molecule has 136 valence electrons. The van der Waals surface area contributed by atoms with Gasteiger partial charge in [-0.15, -0.1) is 0 Å². The largest absolute Gasteiger partial charge is 0.444 e. The molecule has 1 rings (SSSR count). The van der Waals surface area contributed by atoms with Crippen LogP contribution in [-0.2, 0) is 4.74 Å². The van der Waals surface area contributed by atoms with Crippen LogP contribution in [0.2, 0.25) is 0 Å². The molecule has 0 aromatic carbocycles. The van der Waals surface area contributed by atoms with Crippen LogP contribution in [0.3, 0.4) is 0 Å². The van der Waals surface area contributed by atoms with E-state index in [0.717, 1.165) is 13.0 Å². The van der Waals surface area contributed by atoms with Gasteiger partial charge in [0.15, 0.2) is 0 Å². The van der Waals surface area contributed by atoms with E-state index in [9.17, 15) is 4.79 Å². The lowest BCUT2D eigenvalue weighted by atomic mass is 9.75. The molecule has 1 aliphatic rings. The Kier molecular flexibility index (Phi) is 7.29. The molecule has 1 aliphatic carbocycles. The SMILES string of the molecule is CN(CC1(N(C)C)CCC1)C(CN)CCNC(=O)OC(C)(C)C. The van der Waals surface area contributed by atoms with Crippen LogP contribution in [-0.4, -0.2) is 73.9 Å². The van der Waals surface area contributed by atoms with Gasteiger partial charge >= 0.3 is 6.09 Å². The summed E-state index contributed by atoms with van der Waals surface area (Å²) in [5.74, 6) is 0. The predicted molar refractivity (Wildman–Crippen MR) is 94.6 cm³/mol. The van der Waals surface area contributed by atoms with Gasteiger partial charge in [-0.2, -0.15) is 0 Å². The van der Waals surface area contributed by atoms with Crippen molar-refractivity contribution in [3.05, 3.63) is 0 Å². The Bertz CT molecular complexity index is 375. The summed E-state index contributed by atoms with van der Waals surface area (Å²) >= 11 is 0. The number of alkyl carbamates (subject to hydrolysis) is 1. The first-order valence-electron chi connectivity index (χ1n) is 8.64. The first kappa shape index (κ1) is 20.2. The highest BCUT2D eigenvalue weighted by molar-refractivity contribution is 5.67. The zero-order valence-corrected chi connectivity index (χ0v) is 15.8. The number of hydrogen-bond donors (Lipinski definition) is 2. The van der Waals surface area contributed by atoms with Crippen molar-refractivity contribution in [1.82, 2.24) is 15.1 Å². The molecule has 1 amide bonds. The number of nitrogens with zero attached hydrogens (tertiary/aromatic N) is 2. The van der Waals surface area contributed by atoms with Gasteiger partial charge in [-0.1, -0.05) is 0 Å². The number of rotatable bonds is 8. The van der Waals surface area contributed by atoms with Gasteiger partial charge < -0.3 is 25.6 Å². The van der Waals surface area contributed by atoms with Gasteiger partial charge in [-0.05, 0) is 67.6 Å². The third-order valence-electron chi connectivity index (χ3n) is 4.82. The van der Waals surface area contributed by atoms with E-state index in [-0.39, 0.29) is 12.1 Å². The molecule has 23 heavy (non-hydrogen) atoms. The molecule has 3 N–H and O–H groups in total. The molecular formula is C17H36N4O2. The Morgan fingerprint density at radius 3 is 2.30 bits per heavy atom. The van der Waals surface area contributed by atoms with Gasteiger partial charge in [-0.25, -0.2) is 4.79 Å². The van der Waals surface area contributed by atoms with Crippen molar-refractivity contribution >= 4 is 6.09 Å². The van der Waals surface area contributed by atoms with Gasteiger partial charge in [0.1, 0.15) is 5.60 Å². The number of hydrogen-bond acceptors (Lipinski definition) is 5. The molecule has 1 fully saturated rings. The second-order valence-corrected chi connectivity index (χ2v) is 7.99. The monoisotopic (exact) mass is 328 g/mol. The number of ether oxygens (including phenoxy) is 1. The molecule has 0 heterocycles. The Morgan fingerprint density at radius 2 is 1.91 bits per heavy atom. The summed E-state index contributed by atoms with van der Waals surface area (Å²) in [4.78, 5) is 16.4. The summed E-state index contributed by atoms with van der Waals surface area (Å²) in [7, 11) is 6.46. The Labute approximate surface area is 141 Å². The normalized spacial score (nSPS) is 18.7. The zero-order valence-electron chi connectivity index (χ0n) is 15.8. The minimum atomic E-state index is -0.462. The Balaban J connectivity index is 2.39. The van der Waals surface area contributed by atoms with Crippen LogP contribution in [0.15, 0.2) is 0 Å². The van der Waals surface area contributed by atoms with E-state index in [2.05, 4.69) is 36.3 Å². The fourth-order valence-corrected chi connectivity index (χ4v) is 3.10. The number of amides is 1. The van der Waals surface area contributed by atoms with E-state index < -0.39 is 5.60 Å². The first-order chi connectivity index (χ1) is 10.6. The number of likely N-dealkylation sites (N-methyl/N-ethyl adjacent to an activating group) is 2. The second-order valence-electron chi connectivity index (χ2n) is 7.99. The maximum Gasteiger partial charge on any atom is 0.407 e. The maximum atomic E-state index is 11.7. The van der Waals surface area contributed by atoms with Crippen molar-refractivity contribution in [2.75, 3.05) is 40.8 Å². The maximum absolute atomic E-state index is 11.7. The average Bonchev–Trinajstić information content (AvgIpc) is 2.36. The summed E-state index contributed by atoms with van der Waals surface area (Å²) in [6.07, 6.45) is 4.27. The van der Waals surface area contributed by atoms with Crippen molar-refractivity contribution in [3.8, 4) is 0 Å². The van der Waals surface area contributed by atoms with Gasteiger partial charge in [0, 0.05) is 31.2 Å². The molecule has 1 saturated carbocycles. The van der Waals surface area contributed by atoms with Crippen LogP contribution in [0, 0.1) is 0 Å². The molecule has 6 heteroatoms. The minimum Gasteiger partial charge on any atom is -0.444 e. The topological polar surface area (TPSA) is 70.8 Å². The van der Waals surface area contributed by atoms with E-state index in [1.54, 1.807) is 0 Å². The molecule has 0 bridgehead atoms. The molecule has 6 nitrogen and oxygen atoms in total. The lowest BCUT2D eigenvalue weighted by Gasteiger charge is -2.50. The molecule has 0 aromatic heterocycles. The highest BCUT2D eigenvalue weighted by Crippen LogP contribution is 2.36. The van der Waals surface area contributed by atoms with Gasteiger partial charge in [0.05, 0.1) is 0 Å². The van der Waals surface area contributed by atoms with Crippen LogP contribution in [0.25, 0.3) is 0 Å². The van der Waals surface area contributed by atoms with E-state index in [1.807, 2.05) is 20.8 Å². The van der Waals surface area contributed by atoms with Crippen LogP contribution in [0.4, 0.5) is 4.79 Å². The van der Waals surface area contributed by atoms with Gasteiger partial charge in [0.25, 0.3) is 0 Å². The summed E-state index contributed by atoms with van der Waals surface area (Å²) in [6, 6.07) is 0.266. The summed E-state index contributed by atoms with van der Waals surface area (Å²) in [5, 5.41) is 2.82. The highest BCUT2D eigenvalue weighted by atomic mass is 16.6. The van der Waals surface area contributed by atoms with E-state index in [4.69, 9.17) is 10.5 Å². The van der Waals surface area contributed by atoms with E-state index in [0.29, 0.717) is 18.6 Å². The van der Waals surface area contributed by atoms with Crippen molar-refractivity contribution in [3.63, 3.8) is 0 Å². The third kappa shape index (κ3) is 6.28. The molecule has 0 aromatic rings. The lowest BCUT2D eigenvalue weighted by molar-refractivity contribution is 0.0157. The molecule has 0 aliphatic heterocycles. The Morgan fingerprint density at radius 1 is 1.30 bits per heavy atom. The first-order valence-corrected chi connectivity index (χ1v) is 8.64. The number of carbonyl (C=O) groups excluding carboxylic acids is 1. The highest BCUT2D eigenvalue weighted by Gasteiger charge is 2.40. The smallest absolute Gasteiger partial charge is 0.407 e. The number of nitrogens with two attached hydrogens (primary N) is 1. The van der Waals surface area contributed by atoms with Crippen LogP contribution in [0.5, 0.6) is 0 Å². The fourth-order valence-electron chi connectivity index (χ4n) is 3.10. The lowest BCUT2D eigenvalue weighted by Crippen LogP contribution is -2.58. The quantitative estimate of drug-likeness (QED) is 0.709. The van der Waals surface area contributed by atoms with Crippen LogP contribution in [0.1, 0.15) is 46.5 Å². The molecule has 0 saturated heterocycles. The van der Waals surface area contributed by atoms with E-state index >= 15 is 0 Å². The molecular weight excluding hydrogens is 292 g/mol. The van der Waals surface area contributed by atoms with Crippen LogP contribution < -0.4 is 11.1 Å². The number of nitrogens with one attached hydrogen (secondary N) is 1. The number of carbonyl (C=O) groups is 1. The van der Waals surface area contributed by atoms with Crippen molar-refractivity contribution in [1.29, 1.82) is 0 Å². The third-order valence-corrected chi connectivity index (χ3v) is 4.82. The van der Waals surface area contributed by atoms with E-state index in [1.165, 1.54) is 19.3 Å². The molecule has 1 unspecified atom stereocenters. The average molecular weight is 329 g/mol. The molecule has 0 radical (unpaired) electrons. The van der Waals surface area contributed by atoms with Crippen molar-refractivity contribution in [2.24, 2.45) is 5.73 Å². The van der Waals surface area contributed by atoms with Gasteiger partial charge in [-0.3, -0.25) is 0 Å². The summed E-state index contributed by atoms with van der Waals surface area (Å²) in [5.41, 5.74) is 5.78. The standard InChI is InChI=1S/C17H36N4O2/c1-16(2,3)23-15(22)19-11-8-14(12-18)21(6)13-17(20(4)5)9-7-10-17/h14H,7-13,18H2,1-6H3,(H,19,22). The second kappa shape index (κ2) is 8.31. The Hall–Kier alpha value is -0.850. The van der Waals surface area contributed by atoms with Crippen molar-refractivity contribution < 1.29 is 9.53 Å². The molecule has 0 spiro atoms.